The van der Waals surface area contributed by atoms with E-state index in [1.807, 2.05) is 13.8 Å². The summed E-state index contributed by atoms with van der Waals surface area (Å²) < 4.78 is 37.0. The first kappa shape index (κ1) is 27.9. The van der Waals surface area contributed by atoms with Gasteiger partial charge in [-0.2, -0.15) is 0 Å². The molecule has 2 aromatic rings. The molecule has 2 aromatic carbocycles. The van der Waals surface area contributed by atoms with Crippen molar-refractivity contribution in [3.63, 3.8) is 0 Å². The number of fused-ring (bicyclic) bond motifs is 1. The van der Waals surface area contributed by atoms with Crippen LogP contribution in [0.4, 0.5) is 5.69 Å². The van der Waals surface area contributed by atoms with Crippen LogP contribution in [-0.2, 0) is 26.2 Å². The maximum atomic E-state index is 13.6. The number of halogens is 2. The zero-order valence-corrected chi connectivity index (χ0v) is 22.8. The second-order valence-corrected chi connectivity index (χ2v) is 11.6. The highest BCUT2D eigenvalue weighted by Gasteiger charge is 2.31. The number of hydrogen-bond acceptors (Lipinski definition) is 6. The lowest BCUT2D eigenvalue weighted by Crippen LogP contribution is -2.51. The summed E-state index contributed by atoms with van der Waals surface area (Å²) in [5, 5.41) is 3.57. The van der Waals surface area contributed by atoms with E-state index >= 15 is 0 Å². The molecule has 0 saturated carbocycles. The van der Waals surface area contributed by atoms with E-state index in [4.69, 9.17) is 32.7 Å². The number of rotatable bonds is 10. The third kappa shape index (κ3) is 6.96. The standard InChI is InChI=1S/C24H29Cl2N3O6S/c1-15(2)11-27-24(31)16(3)28(12-17-5-6-18(25)9-20(17)26)23(30)13-29(36(4,32)33)19-7-8-21-22(10-19)35-14-34-21/h5-10,15-16H,11-14H2,1-4H3,(H,27,31)/t16-/m1/s1. The predicted molar refractivity (Wildman–Crippen MR) is 139 cm³/mol. The molecule has 3 rings (SSSR count). The van der Waals surface area contributed by atoms with E-state index < -0.39 is 28.5 Å². The van der Waals surface area contributed by atoms with Gasteiger partial charge in [-0.3, -0.25) is 13.9 Å². The molecule has 0 bridgehead atoms. The van der Waals surface area contributed by atoms with Crippen LogP contribution in [0.2, 0.25) is 10.0 Å². The maximum Gasteiger partial charge on any atom is 0.244 e. The van der Waals surface area contributed by atoms with Gasteiger partial charge in [-0.25, -0.2) is 8.42 Å². The number of amides is 2. The Hall–Kier alpha value is -2.69. The zero-order chi connectivity index (χ0) is 26.6. The van der Waals surface area contributed by atoms with Crippen molar-refractivity contribution in [1.82, 2.24) is 10.2 Å². The normalized spacial score (nSPS) is 13.4. The average Bonchev–Trinajstić information content (AvgIpc) is 3.27. The van der Waals surface area contributed by atoms with E-state index in [2.05, 4.69) is 5.32 Å². The zero-order valence-electron chi connectivity index (χ0n) is 20.5. The van der Waals surface area contributed by atoms with Gasteiger partial charge < -0.3 is 19.7 Å². The Kier molecular flexibility index (Phi) is 8.97. The number of anilines is 1. The minimum atomic E-state index is -3.87. The highest BCUT2D eigenvalue weighted by molar-refractivity contribution is 7.92. The highest BCUT2D eigenvalue weighted by atomic mass is 35.5. The molecule has 1 aliphatic heterocycles. The van der Waals surface area contributed by atoms with Crippen LogP contribution in [0.15, 0.2) is 36.4 Å². The van der Waals surface area contributed by atoms with Gasteiger partial charge in [0.05, 0.1) is 11.9 Å². The largest absolute Gasteiger partial charge is 0.454 e. The van der Waals surface area contributed by atoms with Gasteiger partial charge in [0, 0.05) is 29.2 Å². The Morgan fingerprint density at radius 1 is 1.06 bits per heavy atom. The summed E-state index contributed by atoms with van der Waals surface area (Å²) in [6, 6.07) is 8.53. The molecule has 1 heterocycles. The van der Waals surface area contributed by atoms with E-state index in [1.165, 1.54) is 17.0 Å². The second kappa shape index (κ2) is 11.6. The first-order valence-electron chi connectivity index (χ1n) is 11.2. The monoisotopic (exact) mass is 557 g/mol. The first-order valence-corrected chi connectivity index (χ1v) is 13.9. The van der Waals surface area contributed by atoms with Crippen molar-refractivity contribution in [3.05, 3.63) is 52.0 Å². The van der Waals surface area contributed by atoms with Crippen LogP contribution in [0.3, 0.4) is 0 Å². The molecule has 9 nitrogen and oxygen atoms in total. The predicted octanol–water partition coefficient (Wildman–Crippen LogP) is 3.68. The minimum absolute atomic E-state index is 0.0230. The lowest BCUT2D eigenvalue weighted by molar-refractivity contribution is -0.139. The molecule has 0 radical (unpaired) electrons. The van der Waals surface area contributed by atoms with Gasteiger partial charge in [-0.1, -0.05) is 43.1 Å². The first-order chi connectivity index (χ1) is 16.9. The molecular formula is C24H29Cl2N3O6S. The Morgan fingerprint density at radius 2 is 1.75 bits per heavy atom. The van der Waals surface area contributed by atoms with Crippen molar-refractivity contribution in [2.75, 3.05) is 30.4 Å². The van der Waals surface area contributed by atoms with Crippen LogP contribution >= 0.6 is 23.2 Å². The third-order valence-corrected chi connectivity index (χ3v) is 7.26. The van der Waals surface area contributed by atoms with Crippen molar-refractivity contribution in [1.29, 1.82) is 0 Å². The number of nitrogens with zero attached hydrogens (tertiary/aromatic N) is 2. The van der Waals surface area contributed by atoms with Gasteiger partial charge in [0.1, 0.15) is 12.6 Å². The SMILES string of the molecule is CC(C)CNC(=O)[C@@H](C)N(Cc1ccc(Cl)cc1Cl)C(=O)CN(c1ccc2c(c1)OCO2)S(C)(=O)=O. The molecule has 0 saturated heterocycles. The number of ether oxygens (including phenoxy) is 2. The molecule has 2 amide bonds. The molecule has 0 spiro atoms. The van der Waals surface area contributed by atoms with Crippen LogP contribution in [0.1, 0.15) is 26.3 Å². The van der Waals surface area contributed by atoms with Gasteiger partial charge in [0.25, 0.3) is 0 Å². The average molecular weight is 558 g/mol. The fourth-order valence-corrected chi connectivity index (χ4v) is 4.83. The van der Waals surface area contributed by atoms with E-state index in [1.54, 1.807) is 31.2 Å². The van der Waals surface area contributed by atoms with Crippen LogP contribution in [-0.4, -0.2) is 57.3 Å². The fraction of sp³-hybridized carbons (Fsp3) is 0.417. The number of hydrogen-bond donors (Lipinski definition) is 1. The third-order valence-electron chi connectivity index (χ3n) is 5.53. The number of carbonyl (C=O) groups is 2. The summed E-state index contributed by atoms with van der Waals surface area (Å²) in [7, 11) is -3.87. The molecule has 12 heteroatoms. The van der Waals surface area contributed by atoms with Crippen LogP contribution in [0.25, 0.3) is 0 Å². The fourth-order valence-electron chi connectivity index (χ4n) is 3.52. The van der Waals surface area contributed by atoms with E-state index in [0.29, 0.717) is 33.7 Å². The van der Waals surface area contributed by atoms with E-state index in [9.17, 15) is 18.0 Å². The number of sulfonamides is 1. The Labute approximate surface area is 221 Å². The second-order valence-electron chi connectivity index (χ2n) is 8.88. The number of carbonyl (C=O) groups excluding carboxylic acids is 2. The smallest absolute Gasteiger partial charge is 0.244 e. The van der Waals surface area contributed by atoms with Crippen molar-refractivity contribution < 1.29 is 27.5 Å². The molecular weight excluding hydrogens is 529 g/mol. The summed E-state index contributed by atoms with van der Waals surface area (Å²) in [5.41, 5.74) is 0.795. The molecule has 0 aliphatic carbocycles. The molecule has 0 fully saturated rings. The van der Waals surface area contributed by atoms with Gasteiger partial charge in [-0.05, 0) is 42.7 Å². The Morgan fingerprint density at radius 3 is 2.39 bits per heavy atom. The van der Waals surface area contributed by atoms with Crippen molar-refractivity contribution in [2.45, 2.75) is 33.4 Å². The van der Waals surface area contributed by atoms with E-state index in [-0.39, 0.29) is 30.9 Å². The summed E-state index contributed by atoms with van der Waals surface area (Å²) in [6.45, 7) is 5.39. The minimum Gasteiger partial charge on any atom is -0.454 e. The van der Waals surface area contributed by atoms with Crippen molar-refractivity contribution in [3.8, 4) is 11.5 Å². The topological polar surface area (TPSA) is 105 Å². The maximum absolute atomic E-state index is 13.6. The number of benzene rings is 2. The van der Waals surface area contributed by atoms with Crippen LogP contribution in [0.5, 0.6) is 11.5 Å². The highest BCUT2D eigenvalue weighted by Crippen LogP contribution is 2.36. The van der Waals surface area contributed by atoms with Gasteiger partial charge >= 0.3 is 0 Å². The molecule has 1 aliphatic rings. The molecule has 196 valence electrons. The van der Waals surface area contributed by atoms with E-state index in [0.717, 1.165) is 10.6 Å². The Bertz CT molecular complexity index is 1240. The lowest BCUT2D eigenvalue weighted by atomic mass is 10.1. The van der Waals surface area contributed by atoms with Gasteiger partial charge in [0.2, 0.25) is 28.6 Å². The van der Waals surface area contributed by atoms with Crippen LogP contribution < -0.4 is 19.1 Å². The number of nitrogens with one attached hydrogen (secondary N) is 1. The molecule has 1 atom stereocenters. The summed E-state index contributed by atoms with van der Waals surface area (Å²) in [4.78, 5) is 27.8. The molecule has 0 unspecified atom stereocenters. The quantitative estimate of drug-likeness (QED) is 0.477. The summed E-state index contributed by atoms with van der Waals surface area (Å²) in [6.07, 6.45) is 1.00. The summed E-state index contributed by atoms with van der Waals surface area (Å²) >= 11 is 12.3. The Balaban J connectivity index is 1.92. The summed E-state index contributed by atoms with van der Waals surface area (Å²) in [5.74, 6) is 0.114. The van der Waals surface area contributed by atoms with Crippen LogP contribution in [0, 0.1) is 5.92 Å². The van der Waals surface area contributed by atoms with Gasteiger partial charge in [-0.15, -0.1) is 0 Å². The molecule has 36 heavy (non-hydrogen) atoms. The van der Waals surface area contributed by atoms with Crippen molar-refractivity contribution in [2.24, 2.45) is 5.92 Å². The van der Waals surface area contributed by atoms with Gasteiger partial charge in [0.15, 0.2) is 11.5 Å². The molecule has 1 N–H and O–H groups in total. The lowest BCUT2D eigenvalue weighted by Gasteiger charge is -2.32. The molecule has 0 aromatic heterocycles. The van der Waals surface area contributed by atoms with Crippen molar-refractivity contribution >= 4 is 50.7 Å².